The maximum Gasteiger partial charge on any atom is 0.335 e. The molecule has 5 nitrogen and oxygen atoms in total. The van der Waals surface area contributed by atoms with Crippen LogP contribution in [-0.2, 0) is 4.79 Å². The van der Waals surface area contributed by atoms with Crippen molar-refractivity contribution < 1.29 is 24.2 Å². The summed E-state index contributed by atoms with van der Waals surface area (Å²) in [6, 6.07) is 3.88. The molecule has 2 N–H and O–H groups in total. The van der Waals surface area contributed by atoms with Crippen LogP contribution in [0, 0.1) is 5.82 Å². The van der Waals surface area contributed by atoms with Crippen LogP contribution in [-0.4, -0.2) is 45.7 Å². The van der Waals surface area contributed by atoms with Crippen molar-refractivity contribution in [2.24, 2.45) is 0 Å². The van der Waals surface area contributed by atoms with Gasteiger partial charge in [0.25, 0.3) is 5.91 Å². The van der Waals surface area contributed by atoms with Gasteiger partial charge in [0.05, 0.1) is 0 Å². The summed E-state index contributed by atoms with van der Waals surface area (Å²) >= 11 is 3.11. The number of hydrogen-bond donors (Lipinski definition) is 2. The Balaban J connectivity index is 2.10. The Bertz CT molecular complexity index is 535. The van der Waals surface area contributed by atoms with Crippen LogP contribution in [0.25, 0.3) is 0 Å². The van der Waals surface area contributed by atoms with Crippen molar-refractivity contribution >= 4 is 27.8 Å². The maximum atomic E-state index is 13.3. The highest BCUT2D eigenvalue weighted by Gasteiger charge is 2.40. The van der Waals surface area contributed by atoms with E-state index in [1.807, 2.05) is 0 Å². The first-order valence-electron chi connectivity index (χ1n) is 6.03. The number of benzene rings is 1. The lowest BCUT2D eigenvalue weighted by atomic mass is 9.91. The molecule has 0 atom stereocenters. The summed E-state index contributed by atoms with van der Waals surface area (Å²) in [5.74, 6) is -2.18. The Morgan fingerprint density at radius 3 is 2.35 bits per heavy atom. The van der Waals surface area contributed by atoms with Gasteiger partial charge in [0.1, 0.15) is 5.82 Å². The first kappa shape index (κ1) is 14.9. The van der Waals surface area contributed by atoms with Crippen molar-refractivity contribution in [2.45, 2.75) is 18.4 Å². The van der Waals surface area contributed by atoms with E-state index in [1.165, 1.54) is 17.0 Å². The molecule has 7 heteroatoms. The number of halogens is 2. The van der Waals surface area contributed by atoms with Crippen LogP contribution in [0.5, 0.6) is 0 Å². The van der Waals surface area contributed by atoms with Crippen LogP contribution >= 0.6 is 15.9 Å². The lowest BCUT2D eigenvalue weighted by Crippen LogP contribution is -2.50. The van der Waals surface area contributed by atoms with Gasteiger partial charge in [-0.05, 0) is 18.2 Å². The minimum atomic E-state index is -1.78. The molecule has 108 valence electrons. The number of piperidine rings is 1. The number of carboxylic acids is 1. The zero-order chi connectivity index (χ0) is 14.9. The van der Waals surface area contributed by atoms with E-state index in [2.05, 4.69) is 15.9 Å². The minimum absolute atomic E-state index is 0.0371. The normalized spacial score (nSPS) is 17.9. The van der Waals surface area contributed by atoms with Gasteiger partial charge < -0.3 is 15.1 Å². The Morgan fingerprint density at radius 1 is 1.25 bits per heavy atom. The summed E-state index contributed by atoms with van der Waals surface area (Å²) in [5, 5.41) is 18.7. The molecule has 1 fully saturated rings. The van der Waals surface area contributed by atoms with E-state index >= 15 is 0 Å². The van der Waals surface area contributed by atoms with Crippen LogP contribution < -0.4 is 0 Å². The molecule has 0 spiro atoms. The number of likely N-dealkylation sites (tertiary alicyclic amines) is 1. The lowest BCUT2D eigenvalue weighted by Gasteiger charge is -2.35. The summed E-state index contributed by atoms with van der Waals surface area (Å²) in [7, 11) is 0. The van der Waals surface area contributed by atoms with Crippen molar-refractivity contribution in [1.82, 2.24) is 4.90 Å². The van der Waals surface area contributed by atoms with Crippen molar-refractivity contribution in [1.29, 1.82) is 0 Å². The highest BCUT2D eigenvalue weighted by atomic mass is 79.9. The molecular weight excluding hydrogens is 333 g/mol. The average molecular weight is 346 g/mol. The largest absolute Gasteiger partial charge is 0.479 e. The molecule has 0 radical (unpaired) electrons. The summed E-state index contributed by atoms with van der Waals surface area (Å²) in [6.45, 7) is 0.242. The van der Waals surface area contributed by atoms with E-state index in [1.54, 1.807) is 0 Å². The Morgan fingerprint density at radius 2 is 1.85 bits per heavy atom. The molecule has 0 saturated carbocycles. The van der Waals surface area contributed by atoms with Gasteiger partial charge in [0.15, 0.2) is 5.60 Å². The summed E-state index contributed by atoms with van der Waals surface area (Å²) in [4.78, 5) is 24.5. The van der Waals surface area contributed by atoms with Gasteiger partial charge in [-0.15, -0.1) is 0 Å². The Labute approximate surface area is 123 Å². The molecule has 1 aliphatic rings. The molecule has 1 saturated heterocycles. The van der Waals surface area contributed by atoms with E-state index in [9.17, 15) is 19.1 Å². The summed E-state index contributed by atoms with van der Waals surface area (Å²) in [5.41, 5.74) is -1.59. The summed E-state index contributed by atoms with van der Waals surface area (Å²) < 4.78 is 13.7. The number of aliphatic hydroxyl groups is 1. The molecule has 1 aliphatic heterocycles. The van der Waals surface area contributed by atoms with Crippen molar-refractivity contribution in [2.75, 3.05) is 13.1 Å². The molecule has 1 aromatic carbocycles. The molecule has 1 amide bonds. The van der Waals surface area contributed by atoms with Crippen LogP contribution in [0.2, 0.25) is 0 Å². The number of aliphatic carboxylic acids is 1. The number of amides is 1. The van der Waals surface area contributed by atoms with E-state index in [-0.39, 0.29) is 37.4 Å². The fraction of sp³-hybridized carbons (Fsp3) is 0.385. The minimum Gasteiger partial charge on any atom is -0.479 e. The second kappa shape index (κ2) is 5.49. The third-order valence-electron chi connectivity index (χ3n) is 3.39. The second-order valence-corrected chi connectivity index (χ2v) is 5.70. The fourth-order valence-electron chi connectivity index (χ4n) is 2.15. The first-order valence-corrected chi connectivity index (χ1v) is 6.82. The smallest absolute Gasteiger partial charge is 0.335 e. The second-order valence-electron chi connectivity index (χ2n) is 4.79. The topological polar surface area (TPSA) is 77.8 Å². The van der Waals surface area contributed by atoms with Crippen LogP contribution in [0.3, 0.4) is 0 Å². The zero-order valence-electron chi connectivity index (χ0n) is 10.5. The molecule has 0 aromatic heterocycles. The SMILES string of the molecule is O=C(c1cc(F)cc(Br)c1)N1CCC(O)(C(=O)O)CC1. The lowest BCUT2D eigenvalue weighted by molar-refractivity contribution is -0.162. The monoisotopic (exact) mass is 345 g/mol. The number of rotatable bonds is 2. The molecule has 0 aliphatic carbocycles. The van der Waals surface area contributed by atoms with Crippen molar-refractivity contribution in [3.05, 3.63) is 34.1 Å². The van der Waals surface area contributed by atoms with Crippen molar-refractivity contribution in [3.63, 3.8) is 0 Å². The first-order chi connectivity index (χ1) is 9.32. The van der Waals surface area contributed by atoms with E-state index < -0.39 is 17.4 Å². The Hall–Kier alpha value is -1.47. The summed E-state index contributed by atoms with van der Waals surface area (Å²) in [6.07, 6.45) is -0.0743. The number of carbonyl (C=O) groups is 2. The number of nitrogens with zero attached hydrogens (tertiary/aromatic N) is 1. The molecule has 0 bridgehead atoms. The molecule has 20 heavy (non-hydrogen) atoms. The molecule has 2 rings (SSSR count). The van der Waals surface area contributed by atoms with E-state index in [0.29, 0.717) is 4.47 Å². The average Bonchev–Trinajstić information content (AvgIpc) is 2.37. The van der Waals surface area contributed by atoms with Gasteiger partial charge in [0.2, 0.25) is 0 Å². The molecule has 1 aromatic rings. The third kappa shape index (κ3) is 2.99. The zero-order valence-corrected chi connectivity index (χ0v) is 12.1. The quantitative estimate of drug-likeness (QED) is 0.854. The predicted molar refractivity (Wildman–Crippen MR) is 71.8 cm³/mol. The van der Waals surface area contributed by atoms with Crippen LogP contribution in [0.15, 0.2) is 22.7 Å². The van der Waals surface area contributed by atoms with Gasteiger partial charge in [0, 0.05) is 36.0 Å². The van der Waals surface area contributed by atoms with Gasteiger partial charge in [-0.1, -0.05) is 15.9 Å². The molecule has 1 heterocycles. The van der Waals surface area contributed by atoms with Gasteiger partial charge in [-0.3, -0.25) is 4.79 Å². The molecular formula is C13H13BrFNO4. The van der Waals surface area contributed by atoms with Gasteiger partial charge >= 0.3 is 5.97 Å². The van der Waals surface area contributed by atoms with Crippen LogP contribution in [0.4, 0.5) is 4.39 Å². The number of hydrogen-bond acceptors (Lipinski definition) is 3. The standard InChI is InChI=1S/C13H13BrFNO4/c14-9-5-8(6-10(15)7-9)11(17)16-3-1-13(20,2-4-16)12(18)19/h5-7,20H,1-4H2,(H,18,19). The van der Waals surface area contributed by atoms with E-state index in [4.69, 9.17) is 5.11 Å². The van der Waals surface area contributed by atoms with E-state index in [0.717, 1.165) is 6.07 Å². The predicted octanol–water partition coefficient (Wildman–Crippen LogP) is 1.64. The van der Waals surface area contributed by atoms with Crippen molar-refractivity contribution in [3.8, 4) is 0 Å². The fourth-order valence-corrected chi connectivity index (χ4v) is 2.62. The Kier molecular flexibility index (Phi) is 4.10. The highest BCUT2D eigenvalue weighted by molar-refractivity contribution is 9.10. The van der Waals surface area contributed by atoms with Gasteiger partial charge in [-0.25, -0.2) is 9.18 Å². The van der Waals surface area contributed by atoms with Crippen LogP contribution in [0.1, 0.15) is 23.2 Å². The maximum absolute atomic E-state index is 13.3. The third-order valence-corrected chi connectivity index (χ3v) is 3.84. The molecule has 0 unspecified atom stereocenters. The van der Waals surface area contributed by atoms with Gasteiger partial charge in [-0.2, -0.15) is 0 Å². The number of carbonyl (C=O) groups excluding carboxylic acids is 1. The number of carboxylic acid groups (broad SMARTS) is 1. The highest BCUT2D eigenvalue weighted by Crippen LogP contribution is 2.24.